The first-order chi connectivity index (χ1) is 8.56. The van der Waals surface area contributed by atoms with Crippen LogP contribution in [0.5, 0.6) is 0 Å². The number of primary amides is 1. The van der Waals surface area contributed by atoms with Crippen LogP contribution in [0.2, 0.25) is 5.02 Å². The number of hydrogen-bond acceptors (Lipinski definition) is 2. The minimum Gasteiger partial charge on any atom is -0.368 e. The Morgan fingerprint density at radius 3 is 2.44 bits per heavy atom. The van der Waals surface area contributed by atoms with E-state index in [1.54, 1.807) is 12.1 Å². The molecule has 96 valence electrons. The van der Waals surface area contributed by atoms with Crippen LogP contribution in [0.1, 0.15) is 18.4 Å². The van der Waals surface area contributed by atoms with Crippen molar-refractivity contribution in [2.24, 2.45) is 11.7 Å². The molecule has 0 heterocycles. The first kappa shape index (κ1) is 12.9. The third-order valence-corrected chi connectivity index (χ3v) is 3.21. The topological polar surface area (TPSA) is 72.2 Å². The lowest BCUT2D eigenvalue weighted by Gasteiger charge is -2.15. The molecule has 0 aliphatic heterocycles. The van der Waals surface area contributed by atoms with Gasteiger partial charge in [0.05, 0.1) is 0 Å². The van der Waals surface area contributed by atoms with Crippen molar-refractivity contribution in [3.05, 3.63) is 34.9 Å². The van der Waals surface area contributed by atoms with Gasteiger partial charge in [0.15, 0.2) is 0 Å². The van der Waals surface area contributed by atoms with Gasteiger partial charge in [0.2, 0.25) is 11.8 Å². The number of halogens is 1. The highest BCUT2D eigenvalue weighted by molar-refractivity contribution is 6.30. The van der Waals surface area contributed by atoms with Crippen LogP contribution in [0, 0.1) is 5.92 Å². The van der Waals surface area contributed by atoms with E-state index in [1.807, 2.05) is 12.1 Å². The fraction of sp³-hybridized carbons (Fsp3) is 0.385. The first-order valence-electron chi connectivity index (χ1n) is 5.90. The number of carbonyl (C=O) groups is 2. The Hall–Kier alpha value is -1.55. The van der Waals surface area contributed by atoms with Crippen molar-refractivity contribution in [2.45, 2.75) is 25.3 Å². The van der Waals surface area contributed by atoms with Crippen molar-refractivity contribution < 1.29 is 9.59 Å². The molecule has 1 aliphatic rings. The summed E-state index contributed by atoms with van der Waals surface area (Å²) in [5.41, 5.74) is 6.22. The highest BCUT2D eigenvalue weighted by Gasteiger charge is 2.32. The number of amides is 2. The molecule has 0 saturated heterocycles. The summed E-state index contributed by atoms with van der Waals surface area (Å²) in [6.45, 7) is 0. The standard InChI is InChI=1S/C13H15ClN2O2/c14-10-5-1-8(2-6-10)7-11(12(15)17)16-13(18)9-3-4-9/h1-2,5-6,9,11H,3-4,7H2,(H2,15,17)(H,16,18)/t11-/m0/s1. The molecule has 1 fully saturated rings. The van der Waals surface area contributed by atoms with Gasteiger partial charge < -0.3 is 11.1 Å². The molecule has 0 unspecified atom stereocenters. The fourth-order valence-corrected chi connectivity index (χ4v) is 1.84. The van der Waals surface area contributed by atoms with Crippen molar-refractivity contribution in [1.29, 1.82) is 0 Å². The second-order valence-electron chi connectivity index (χ2n) is 4.57. The van der Waals surface area contributed by atoms with E-state index in [9.17, 15) is 9.59 Å². The molecule has 1 aliphatic carbocycles. The van der Waals surface area contributed by atoms with Crippen LogP contribution >= 0.6 is 11.6 Å². The van der Waals surface area contributed by atoms with Crippen LogP contribution < -0.4 is 11.1 Å². The molecule has 2 amide bonds. The van der Waals surface area contributed by atoms with E-state index in [2.05, 4.69) is 5.32 Å². The van der Waals surface area contributed by atoms with Crippen LogP contribution in [0.15, 0.2) is 24.3 Å². The van der Waals surface area contributed by atoms with Gasteiger partial charge in [-0.2, -0.15) is 0 Å². The third kappa shape index (κ3) is 3.47. The minimum absolute atomic E-state index is 0.0667. The molecule has 4 nitrogen and oxygen atoms in total. The lowest BCUT2D eigenvalue weighted by atomic mass is 10.1. The average molecular weight is 267 g/mol. The zero-order valence-electron chi connectivity index (χ0n) is 9.86. The fourth-order valence-electron chi connectivity index (χ4n) is 1.71. The number of carbonyl (C=O) groups excluding carboxylic acids is 2. The van der Waals surface area contributed by atoms with E-state index in [0.29, 0.717) is 11.4 Å². The number of nitrogens with two attached hydrogens (primary N) is 1. The van der Waals surface area contributed by atoms with Crippen molar-refractivity contribution in [2.75, 3.05) is 0 Å². The number of hydrogen-bond donors (Lipinski definition) is 2. The largest absolute Gasteiger partial charge is 0.368 e. The molecule has 5 heteroatoms. The van der Waals surface area contributed by atoms with Gasteiger partial charge in [0.1, 0.15) is 6.04 Å². The van der Waals surface area contributed by atoms with Gasteiger partial charge >= 0.3 is 0 Å². The molecule has 3 N–H and O–H groups in total. The Bertz CT molecular complexity index is 455. The second kappa shape index (κ2) is 5.40. The van der Waals surface area contributed by atoms with Gasteiger partial charge in [-0.25, -0.2) is 0 Å². The van der Waals surface area contributed by atoms with Crippen LogP contribution in [-0.4, -0.2) is 17.9 Å². The lowest BCUT2D eigenvalue weighted by molar-refractivity contribution is -0.128. The highest BCUT2D eigenvalue weighted by atomic mass is 35.5. The monoisotopic (exact) mass is 266 g/mol. The van der Waals surface area contributed by atoms with Crippen LogP contribution in [-0.2, 0) is 16.0 Å². The average Bonchev–Trinajstić information content (AvgIpc) is 3.14. The summed E-state index contributed by atoms with van der Waals surface area (Å²) in [6.07, 6.45) is 2.20. The number of nitrogens with one attached hydrogen (secondary N) is 1. The molecule has 1 saturated carbocycles. The molecule has 0 bridgehead atoms. The molecule has 1 atom stereocenters. The van der Waals surface area contributed by atoms with Crippen molar-refractivity contribution in [3.63, 3.8) is 0 Å². The molecule has 2 rings (SSSR count). The summed E-state index contributed by atoms with van der Waals surface area (Å²) in [4.78, 5) is 23.0. The maximum absolute atomic E-state index is 11.6. The van der Waals surface area contributed by atoms with E-state index in [0.717, 1.165) is 18.4 Å². The molecular formula is C13H15ClN2O2. The van der Waals surface area contributed by atoms with Gasteiger partial charge in [-0.1, -0.05) is 23.7 Å². The van der Waals surface area contributed by atoms with Gasteiger partial charge in [-0.15, -0.1) is 0 Å². The minimum atomic E-state index is -0.653. The number of benzene rings is 1. The van der Waals surface area contributed by atoms with Crippen molar-refractivity contribution in [1.82, 2.24) is 5.32 Å². The van der Waals surface area contributed by atoms with Gasteiger partial charge in [0.25, 0.3) is 0 Å². The Balaban J connectivity index is 1.99. The van der Waals surface area contributed by atoms with Crippen molar-refractivity contribution >= 4 is 23.4 Å². The summed E-state index contributed by atoms with van der Waals surface area (Å²) < 4.78 is 0. The maximum Gasteiger partial charge on any atom is 0.240 e. The van der Waals surface area contributed by atoms with Crippen LogP contribution in [0.4, 0.5) is 0 Å². The summed E-state index contributed by atoms with van der Waals surface area (Å²) in [7, 11) is 0. The Morgan fingerprint density at radius 1 is 1.33 bits per heavy atom. The SMILES string of the molecule is NC(=O)[C@H](Cc1ccc(Cl)cc1)NC(=O)C1CC1. The lowest BCUT2D eigenvalue weighted by Crippen LogP contribution is -2.46. The summed E-state index contributed by atoms with van der Waals surface area (Å²) >= 11 is 5.78. The van der Waals surface area contributed by atoms with E-state index in [4.69, 9.17) is 17.3 Å². The third-order valence-electron chi connectivity index (χ3n) is 2.96. The smallest absolute Gasteiger partial charge is 0.240 e. The zero-order valence-corrected chi connectivity index (χ0v) is 10.6. The Morgan fingerprint density at radius 2 is 1.94 bits per heavy atom. The molecule has 0 radical (unpaired) electrons. The summed E-state index contributed by atoms with van der Waals surface area (Å²) in [6, 6.07) is 6.48. The van der Waals surface area contributed by atoms with Gasteiger partial charge in [0, 0.05) is 17.4 Å². The Kier molecular flexibility index (Phi) is 3.87. The molecule has 18 heavy (non-hydrogen) atoms. The molecular weight excluding hydrogens is 252 g/mol. The highest BCUT2D eigenvalue weighted by Crippen LogP contribution is 2.29. The first-order valence-corrected chi connectivity index (χ1v) is 6.28. The van der Waals surface area contributed by atoms with E-state index in [1.165, 1.54) is 0 Å². The van der Waals surface area contributed by atoms with Gasteiger partial charge in [-0.3, -0.25) is 9.59 Å². The van der Waals surface area contributed by atoms with Crippen molar-refractivity contribution in [3.8, 4) is 0 Å². The van der Waals surface area contributed by atoms with E-state index >= 15 is 0 Å². The molecule has 1 aromatic rings. The molecule has 1 aromatic carbocycles. The normalized spacial score (nSPS) is 16.1. The predicted molar refractivity (Wildman–Crippen MR) is 69.0 cm³/mol. The van der Waals surface area contributed by atoms with Crippen LogP contribution in [0.25, 0.3) is 0 Å². The predicted octanol–water partition coefficient (Wildman–Crippen LogP) is 1.26. The molecule has 0 spiro atoms. The quantitative estimate of drug-likeness (QED) is 0.842. The summed E-state index contributed by atoms with van der Waals surface area (Å²) in [5.74, 6) is -0.524. The number of rotatable bonds is 5. The molecule has 0 aromatic heterocycles. The zero-order chi connectivity index (χ0) is 13.1. The van der Waals surface area contributed by atoms with Crippen LogP contribution in [0.3, 0.4) is 0 Å². The maximum atomic E-state index is 11.6. The van der Waals surface area contributed by atoms with E-state index in [-0.39, 0.29) is 11.8 Å². The van der Waals surface area contributed by atoms with Gasteiger partial charge in [-0.05, 0) is 30.5 Å². The second-order valence-corrected chi connectivity index (χ2v) is 5.00. The van der Waals surface area contributed by atoms with E-state index < -0.39 is 11.9 Å². The Labute approximate surface area is 110 Å². The summed E-state index contributed by atoms with van der Waals surface area (Å²) in [5, 5.41) is 3.33.